The molecule has 2 aromatic carbocycles. The second-order valence-electron chi connectivity index (χ2n) is 8.58. The molecule has 2 heterocycles. The van der Waals surface area contributed by atoms with E-state index >= 15 is 0 Å². The fourth-order valence-corrected chi connectivity index (χ4v) is 5.60. The van der Waals surface area contributed by atoms with Gasteiger partial charge in [0.25, 0.3) is 0 Å². The maximum Gasteiger partial charge on any atom is 0.340 e. The van der Waals surface area contributed by atoms with Crippen LogP contribution in [-0.4, -0.2) is 44.7 Å². The number of thioether (sulfide) groups is 1. The van der Waals surface area contributed by atoms with E-state index in [1.807, 2.05) is 61.9 Å². The molecule has 9 heteroatoms. The Labute approximate surface area is 223 Å². The van der Waals surface area contributed by atoms with Gasteiger partial charge < -0.3 is 19.1 Å². The van der Waals surface area contributed by atoms with Crippen LogP contribution >= 0.6 is 27.7 Å². The van der Waals surface area contributed by atoms with Gasteiger partial charge in [-0.05, 0) is 67.0 Å². The molecule has 0 unspecified atom stereocenters. The number of benzene rings is 2. The van der Waals surface area contributed by atoms with Crippen molar-refractivity contribution in [2.75, 3.05) is 13.2 Å². The number of esters is 1. The van der Waals surface area contributed by atoms with E-state index in [4.69, 9.17) is 9.47 Å². The number of rotatable bonds is 10. The summed E-state index contributed by atoms with van der Waals surface area (Å²) in [5.41, 5.74) is 4.21. The van der Waals surface area contributed by atoms with Crippen LogP contribution in [0.1, 0.15) is 34.4 Å². The lowest BCUT2D eigenvalue weighted by Crippen LogP contribution is -2.24. The first-order valence-electron chi connectivity index (χ1n) is 11.8. The minimum absolute atomic E-state index is 0.0841. The molecule has 7 nitrogen and oxygen atoms in total. The maximum absolute atomic E-state index is 13.1. The van der Waals surface area contributed by atoms with Gasteiger partial charge in [0.1, 0.15) is 18.5 Å². The Kier molecular flexibility index (Phi) is 8.43. The fourth-order valence-electron chi connectivity index (χ4n) is 4.17. The van der Waals surface area contributed by atoms with Crippen molar-refractivity contribution >= 4 is 44.6 Å². The van der Waals surface area contributed by atoms with E-state index < -0.39 is 6.10 Å². The molecule has 0 bridgehead atoms. The number of hydrogen-bond acceptors (Lipinski definition) is 6. The largest absolute Gasteiger partial charge is 0.490 e. The summed E-state index contributed by atoms with van der Waals surface area (Å²) < 4.78 is 16.0. The molecular formula is C27H30BrN3O4S. The number of carbonyl (C=O) groups is 1. The van der Waals surface area contributed by atoms with E-state index in [0.29, 0.717) is 30.2 Å². The summed E-state index contributed by atoms with van der Waals surface area (Å²) in [4.78, 5) is 14.2. The molecule has 2 aromatic heterocycles. The summed E-state index contributed by atoms with van der Waals surface area (Å²) in [5, 5.41) is 15.7. The number of hydrogen-bond donors (Lipinski definition) is 1. The normalized spacial score (nSPS) is 12.2. The first kappa shape index (κ1) is 26.3. The van der Waals surface area contributed by atoms with Crippen LogP contribution in [0.2, 0.25) is 0 Å². The van der Waals surface area contributed by atoms with Gasteiger partial charge in [-0.25, -0.2) is 4.79 Å². The monoisotopic (exact) mass is 571 g/mol. The van der Waals surface area contributed by atoms with Crippen molar-refractivity contribution in [2.24, 2.45) is 7.05 Å². The number of aliphatic hydroxyl groups is 1. The van der Waals surface area contributed by atoms with Gasteiger partial charge >= 0.3 is 5.97 Å². The molecule has 0 fully saturated rings. The summed E-state index contributed by atoms with van der Waals surface area (Å²) in [7, 11) is 1.96. The van der Waals surface area contributed by atoms with E-state index in [1.54, 1.807) is 23.4 Å². The average molecular weight is 573 g/mol. The molecule has 190 valence electrons. The summed E-state index contributed by atoms with van der Waals surface area (Å²) in [6, 6.07) is 15.8. The van der Waals surface area contributed by atoms with Crippen LogP contribution in [0.5, 0.6) is 5.75 Å². The molecule has 0 saturated carbocycles. The highest BCUT2D eigenvalue weighted by Gasteiger charge is 2.24. The van der Waals surface area contributed by atoms with Crippen LogP contribution in [0.15, 0.2) is 57.9 Å². The zero-order valence-corrected chi connectivity index (χ0v) is 23.2. The van der Waals surface area contributed by atoms with E-state index in [0.717, 1.165) is 37.4 Å². The average Bonchev–Trinajstić information content (AvgIpc) is 3.31. The van der Waals surface area contributed by atoms with Crippen molar-refractivity contribution in [1.29, 1.82) is 0 Å². The van der Waals surface area contributed by atoms with Gasteiger partial charge in [0, 0.05) is 34.5 Å². The third-order valence-corrected chi connectivity index (χ3v) is 7.53. The first-order valence-corrected chi connectivity index (χ1v) is 13.5. The third-order valence-electron chi connectivity index (χ3n) is 5.89. The molecule has 4 aromatic rings. The summed E-state index contributed by atoms with van der Waals surface area (Å²) in [5.74, 6) is 0.802. The molecule has 0 radical (unpaired) electrons. The second-order valence-corrected chi connectivity index (χ2v) is 10.5. The van der Waals surface area contributed by atoms with E-state index in [1.165, 1.54) is 0 Å². The molecule has 0 aliphatic carbocycles. The zero-order valence-electron chi connectivity index (χ0n) is 20.8. The predicted molar refractivity (Wildman–Crippen MR) is 146 cm³/mol. The van der Waals surface area contributed by atoms with Gasteiger partial charge in [-0.2, -0.15) is 5.10 Å². The second kappa shape index (κ2) is 11.5. The van der Waals surface area contributed by atoms with Crippen molar-refractivity contribution in [1.82, 2.24) is 14.3 Å². The minimum Gasteiger partial charge on any atom is -0.490 e. The van der Waals surface area contributed by atoms with Crippen LogP contribution in [0.4, 0.5) is 0 Å². The van der Waals surface area contributed by atoms with Crippen molar-refractivity contribution in [3.63, 3.8) is 0 Å². The molecule has 0 aliphatic rings. The van der Waals surface area contributed by atoms with Gasteiger partial charge in [0.15, 0.2) is 0 Å². The Morgan fingerprint density at radius 3 is 2.61 bits per heavy atom. The summed E-state index contributed by atoms with van der Waals surface area (Å²) >= 11 is 5.27. The Hall–Kier alpha value is -2.75. The van der Waals surface area contributed by atoms with Crippen LogP contribution in [-0.2, 0) is 24.1 Å². The standard InChI is InChI=1S/C27H30BrN3O4S/c1-5-34-27(33)26-21-12-25(35-15-19(32)14-31-18(3)11-17(2)29-31)22(28)13-23(21)30(4)24(26)16-36-20-9-7-6-8-10-20/h6-13,19,32H,5,14-16H2,1-4H3/t19-/m0/s1. The zero-order chi connectivity index (χ0) is 25.8. The molecular weight excluding hydrogens is 542 g/mol. The van der Waals surface area contributed by atoms with Crippen LogP contribution < -0.4 is 4.74 Å². The van der Waals surface area contributed by atoms with Crippen LogP contribution in [0, 0.1) is 13.8 Å². The highest BCUT2D eigenvalue weighted by Crippen LogP contribution is 2.37. The molecule has 0 amide bonds. The summed E-state index contributed by atoms with van der Waals surface area (Å²) in [6.45, 7) is 6.39. The molecule has 36 heavy (non-hydrogen) atoms. The minimum atomic E-state index is -0.747. The number of ether oxygens (including phenoxy) is 2. The Morgan fingerprint density at radius 2 is 1.94 bits per heavy atom. The Morgan fingerprint density at radius 1 is 1.19 bits per heavy atom. The van der Waals surface area contributed by atoms with E-state index in [2.05, 4.69) is 33.2 Å². The highest BCUT2D eigenvalue weighted by atomic mass is 79.9. The smallest absolute Gasteiger partial charge is 0.340 e. The lowest BCUT2D eigenvalue weighted by molar-refractivity contribution is 0.0527. The molecule has 1 N–H and O–H groups in total. The first-order chi connectivity index (χ1) is 17.3. The number of aromatic nitrogens is 3. The lowest BCUT2D eigenvalue weighted by atomic mass is 10.1. The number of carbonyl (C=O) groups excluding carboxylic acids is 1. The molecule has 0 saturated heterocycles. The maximum atomic E-state index is 13.1. The molecule has 1 atom stereocenters. The summed E-state index contributed by atoms with van der Waals surface area (Å²) in [6.07, 6.45) is -0.747. The number of fused-ring (bicyclic) bond motifs is 1. The number of halogens is 1. The van der Waals surface area contributed by atoms with Crippen LogP contribution in [0.25, 0.3) is 10.9 Å². The number of aliphatic hydroxyl groups excluding tert-OH is 1. The Bertz CT molecular complexity index is 1370. The van der Waals surface area contributed by atoms with Crippen LogP contribution in [0.3, 0.4) is 0 Å². The van der Waals surface area contributed by atoms with Gasteiger partial charge in [0.05, 0.1) is 34.4 Å². The fraction of sp³-hybridized carbons (Fsp3) is 0.333. The topological polar surface area (TPSA) is 78.5 Å². The lowest BCUT2D eigenvalue weighted by Gasteiger charge is -2.15. The van der Waals surface area contributed by atoms with Gasteiger partial charge in [-0.15, -0.1) is 11.8 Å². The quantitative estimate of drug-likeness (QED) is 0.195. The third kappa shape index (κ3) is 5.79. The Balaban J connectivity index is 1.61. The molecule has 0 spiro atoms. The molecule has 4 rings (SSSR count). The van der Waals surface area contributed by atoms with Gasteiger partial charge in [0.2, 0.25) is 0 Å². The van der Waals surface area contributed by atoms with Gasteiger partial charge in [-0.3, -0.25) is 4.68 Å². The SMILES string of the molecule is CCOC(=O)c1c(CSc2ccccc2)n(C)c2cc(Br)c(OC[C@@H](O)Cn3nc(C)cc3C)cc12. The van der Waals surface area contributed by atoms with E-state index in [9.17, 15) is 9.90 Å². The van der Waals surface area contributed by atoms with Crippen molar-refractivity contribution in [3.05, 3.63) is 75.6 Å². The van der Waals surface area contributed by atoms with Crippen molar-refractivity contribution in [2.45, 2.75) is 44.1 Å². The van der Waals surface area contributed by atoms with E-state index in [-0.39, 0.29) is 12.6 Å². The highest BCUT2D eigenvalue weighted by molar-refractivity contribution is 9.10. The van der Waals surface area contributed by atoms with Crippen molar-refractivity contribution < 1.29 is 19.4 Å². The number of nitrogens with zero attached hydrogens (tertiary/aromatic N) is 3. The van der Waals surface area contributed by atoms with Crippen molar-refractivity contribution in [3.8, 4) is 5.75 Å². The number of aryl methyl sites for hydroxylation is 3. The van der Waals surface area contributed by atoms with Gasteiger partial charge in [-0.1, -0.05) is 18.2 Å². The molecule has 0 aliphatic heterocycles. The predicted octanol–water partition coefficient (Wildman–Crippen LogP) is 5.66.